The third-order valence-electron chi connectivity index (χ3n) is 2.38. The highest BCUT2D eigenvalue weighted by Gasteiger charge is 2.08. The van der Waals surface area contributed by atoms with Crippen LogP contribution in [0.4, 0.5) is 0 Å². The van der Waals surface area contributed by atoms with Crippen molar-refractivity contribution in [3.8, 4) is 5.88 Å². The average molecular weight is 262 g/mol. The van der Waals surface area contributed by atoms with Crippen LogP contribution in [-0.4, -0.2) is 10.8 Å². The van der Waals surface area contributed by atoms with E-state index in [1.165, 1.54) is 0 Å². The number of ether oxygens (including phenoxy) is 1. The molecule has 1 aromatic heterocycles. The molecule has 4 nitrogen and oxygen atoms in total. The summed E-state index contributed by atoms with van der Waals surface area (Å²) in [5.41, 5.74) is 6.79. The highest BCUT2D eigenvalue weighted by atomic mass is 35.5. The number of pyridine rings is 1. The predicted molar refractivity (Wildman–Crippen MR) is 71.0 cm³/mol. The molecule has 0 radical (unpaired) electrons. The van der Waals surface area contributed by atoms with Gasteiger partial charge in [-0.05, 0) is 18.2 Å². The maximum atomic E-state index is 7.43. The highest BCUT2D eigenvalue weighted by molar-refractivity contribution is 6.31. The lowest BCUT2D eigenvalue weighted by Crippen LogP contribution is -2.13. The van der Waals surface area contributed by atoms with Gasteiger partial charge >= 0.3 is 0 Å². The molecule has 0 aliphatic heterocycles. The molecule has 92 valence electrons. The molecule has 1 aromatic carbocycles. The Labute approximate surface area is 110 Å². The molecule has 0 aliphatic rings. The zero-order valence-electron chi connectivity index (χ0n) is 9.56. The fourth-order valence-corrected chi connectivity index (χ4v) is 1.66. The number of nitrogens with zero attached hydrogens (tertiary/aromatic N) is 1. The van der Waals surface area contributed by atoms with Crippen molar-refractivity contribution in [3.05, 3.63) is 58.7 Å². The Balaban J connectivity index is 2.16. The van der Waals surface area contributed by atoms with Crippen molar-refractivity contribution in [2.75, 3.05) is 0 Å². The van der Waals surface area contributed by atoms with Crippen LogP contribution in [0.25, 0.3) is 0 Å². The quantitative estimate of drug-likeness (QED) is 0.656. The van der Waals surface area contributed by atoms with E-state index in [9.17, 15) is 0 Å². The zero-order chi connectivity index (χ0) is 13.0. The monoisotopic (exact) mass is 261 g/mol. The summed E-state index contributed by atoms with van der Waals surface area (Å²) in [5, 5.41) is 8.07. The minimum atomic E-state index is -0.0720. The van der Waals surface area contributed by atoms with E-state index in [0.717, 1.165) is 5.56 Å². The summed E-state index contributed by atoms with van der Waals surface area (Å²) in [4.78, 5) is 4.06. The van der Waals surface area contributed by atoms with Crippen molar-refractivity contribution in [2.24, 2.45) is 5.73 Å². The number of nitrogen functional groups attached to an aromatic ring is 1. The highest BCUT2D eigenvalue weighted by Crippen LogP contribution is 2.19. The molecule has 0 atom stereocenters. The van der Waals surface area contributed by atoms with Crippen molar-refractivity contribution in [2.45, 2.75) is 6.61 Å². The third-order valence-corrected chi connectivity index (χ3v) is 2.75. The van der Waals surface area contributed by atoms with Gasteiger partial charge in [-0.2, -0.15) is 0 Å². The molecular weight excluding hydrogens is 250 g/mol. The van der Waals surface area contributed by atoms with E-state index < -0.39 is 0 Å². The van der Waals surface area contributed by atoms with E-state index in [4.69, 9.17) is 27.5 Å². The molecule has 2 rings (SSSR count). The van der Waals surface area contributed by atoms with Crippen LogP contribution in [0.15, 0.2) is 42.6 Å². The Hall–Kier alpha value is -2.07. The molecule has 5 heteroatoms. The van der Waals surface area contributed by atoms with E-state index in [1.807, 2.05) is 18.2 Å². The summed E-state index contributed by atoms with van der Waals surface area (Å²) in [7, 11) is 0. The summed E-state index contributed by atoms with van der Waals surface area (Å²) >= 11 is 6.03. The first-order valence-corrected chi connectivity index (χ1v) is 5.72. The lowest BCUT2D eigenvalue weighted by Gasteiger charge is -2.09. The second-order valence-corrected chi connectivity index (χ2v) is 4.06. The van der Waals surface area contributed by atoms with Crippen LogP contribution in [0.3, 0.4) is 0 Å². The van der Waals surface area contributed by atoms with E-state index in [1.54, 1.807) is 24.4 Å². The van der Waals surface area contributed by atoms with Gasteiger partial charge in [-0.15, -0.1) is 0 Å². The van der Waals surface area contributed by atoms with Gasteiger partial charge in [0.2, 0.25) is 5.88 Å². The van der Waals surface area contributed by atoms with Crippen molar-refractivity contribution in [3.63, 3.8) is 0 Å². The molecule has 0 spiro atoms. The first kappa shape index (κ1) is 12.4. The second-order valence-electron chi connectivity index (χ2n) is 3.65. The van der Waals surface area contributed by atoms with E-state index in [2.05, 4.69) is 4.98 Å². The molecule has 1 heterocycles. The van der Waals surface area contributed by atoms with Gasteiger partial charge in [0.05, 0.1) is 5.56 Å². The number of hydrogen-bond donors (Lipinski definition) is 2. The Morgan fingerprint density at radius 3 is 2.78 bits per heavy atom. The maximum Gasteiger partial charge on any atom is 0.224 e. The molecule has 3 N–H and O–H groups in total. The van der Waals surface area contributed by atoms with E-state index in [-0.39, 0.29) is 12.4 Å². The third kappa shape index (κ3) is 2.78. The maximum absolute atomic E-state index is 7.43. The molecule has 0 aliphatic carbocycles. The first-order chi connectivity index (χ1) is 8.68. The summed E-state index contributed by atoms with van der Waals surface area (Å²) < 4.78 is 5.55. The van der Waals surface area contributed by atoms with Crippen LogP contribution in [-0.2, 0) is 6.61 Å². The smallest absolute Gasteiger partial charge is 0.224 e. The molecule has 0 saturated heterocycles. The topological polar surface area (TPSA) is 72.0 Å². The van der Waals surface area contributed by atoms with E-state index >= 15 is 0 Å². The molecule has 2 aromatic rings. The fourth-order valence-electron chi connectivity index (χ4n) is 1.47. The van der Waals surface area contributed by atoms with Crippen LogP contribution in [0.5, 0.6) is 5.88 Å². The number of aromatic nitrogens is 1. The molecular formula is C13H12ClN3O. The lowest BCUT2D eigenvalue weighted by molar-refractivity contribution is 0.293. The van der Waals surface area contributed by atoms with E-state index in [0.29, 0.717) is 16.5 Å². The van der Waals surface area contributed by atoms with Gasteiger partial charge in [0.1, 0.15) is 12.4 Å². The molecule has 0 unspecified atom stereocenters. The molecule has 0 saturated carbocycles. The number of rotatable bonds is 4. The number of halogens is 1. The molecule has 18 heavy (non-hydrogen) atoms. The molecule has 0 amide bonds. The van der Waals surface area contributed by atoms with Crippen LogP contribution in [0.1, 0.15) is 11.1 Å². The zero-order valence-corrected chi connectivity index (χ0v) is 10.3. The Bertz CT molecular complexity index is 572. The van der Waals surface area contributed by atoms with Gasteiger partial charge < -0.3 is 10.5 Å². The number of nitrogens with two attached hydrogens (primary N) is 1. The summed E-state index contributed by atoms with van der Waals surface area (Å²) in [6.07, 6.45) is 1.59. The average Bonchev–Trinajstić information content (AvgIpc) is 2.38. The van der Waals surface area contributed by atoms with Gasteiger partial charge in [0, 0.05) is 16.8 Å². The van der Waals surface area contributed by atoms with Gasteiger partial charge in [-0.3, -0.25) is 5.41 Å². The van der Waals surface area contributed by atoms with Gasteiger partial charge in [-0.1, -0.05) is 29.8 Å². The second kappa shape index (κ2) is 5.51. The summed E-state index contributed by atoms with van der Waals surface area (Å²) in [5.74, 6) is 0.266. The minimum Gasteiger partial charge on any atom is -0.472 e. The van der Waals surface area contributed by atoms with Crippen LogP contribution in [0.2, 0.25) is 5.02 Å². The summed E-state index contributed by atoms with van der Waals surface area (Å²) in [6.45, 7) is 0.289. The minimum absolute atomic E-state index is 0.0720. The van der Waals surface area contributed by atoms with Crippen molar-refractivity contribution >= 4 is 17.4 Å². The van der Waals surface area contributed by atoms with Crippen LogP contribution in [0, 0.1) is 5.41 Å². The lowest BCUT2D eigenvalue weighted by atomic mass is 10.2. The van der Waals surface area contributed by atoms with Gasteiger partial charge in [0.15, 0.2) is 0 Å². The van der Waals surface area contributed by atoms with Crippen LogP contribution >= 0.6 is 11.6 Å². The Morgan fingerprint density at radius 2 is 2.06 bits per heavy atom. The normalized spacial score (nSPS) is 10.1. The van der Waals surface area contributed by atoms with Crippen molar-refractivity contribution < 1.29 is 4.74 Å². The van der Waals surface area contributed by atoms with Gasteiger partial charge in [-0.25, -0.2) is 4.98 Å². The summed E-state index contributed by atoms with van der Waals surface area (Å²) in [6, 6.07) is 10.8. The Kier molecular flexibility index (Phi) is 3.79. The molecule has 0 fully saturated rings. The fraction of sp³-hybridized carbons (Fsp3) is 0.0769. The predicted octanol–water partition coefficient (Wildman–Crippen LogP) is 2.60. The molecule has 0 bridgehead atoms. The van der Waals surface area contributed by atoms with Crippen molar-refractivity contribution in [1.29, 1.82) is 5.41 Å². The van der Waals surface area contributed by atoms with Crippen LogP contribution < -0.4 is 10.5 Å². The number of benzene rings is 1. The first-order valence-electron chi connectivity index (χ1n) is 5.34. The SMILES string of the molecule is N=C(N)c1cccnc1OCc1ccccc1Cl. The standard InChI is InChI=1S/C13H12ClN3O/c14-11-6-2-1-4-9(11)8-18-13-10(12(15)16)5-3-7-17-13/h1-7H,8H2,(H3,15,16). The number of hydrogen-bond acceptors (Lipinski definition) is 3. The number of nitrogens with one attached hydrogen (secondary N) is 1. The Morgan fingerprint density at radius 1 is 1.28 bits per heavy atom. The largest absolute Gasteiger partial charge is 0.472 e. The van der Waals surface area contributed by atoms with Crippen molar-refractivity contribution in [1.82, 2.24) is 4.98 Å². The number of amidine groups is 1. The van der Waals surface area contributed by atoms with Gasteiger partial charge in [0.25, 0.3) is 0 Å².